The van der Waals surface area contributed by atoms with Gasteiger partial charge in [0.25, 0.3) is 11.8 Å². The number of ether oxygens (including phenoxy) is 3. The summed E-state index contributed by atoms with van der Waals surface area (Å²) in [7, 11) is 5.25. The number of hydrogen-bond donors (Lipinski definition) is 8. The van der Waals surface area contributed by atoms with Gasteiger partial charge in [-0.15, -0.1) is 11.8 Å². The molecule has 0 aliphatic carbocycles. The Morgan fingerprint density at radius 2 is 1.57 bits per heavy atom. The number of nitrogens with two attached hydrogens (primary N) is 1. The molecule has 2 fully saturated rings. The highest BCUT2D eigenvalue weighted by atomic mass is 32.2. The van der Waals surface area contributed by atoms with Crippen LogP contribution in [0.25, 0.3) is 0 Å². The number of thioether (sulfide) groups is 1. The second-order valence-corrected chi connectivity index (χ2v) is 28.0. The van der Waals surface area contributed by atoms with Crippen LogP contribution in [0.2, 0.25) is 0 Å². The van der Waals surface area contributed by atoms with Crippen LogP contribution in [0.5, 0.6) is 0 Å². The Morgan fingerprint density at radius 1 is 0.866 bits per heavy atom. The number of likely N-dealkylation sites (tertiary alicyclic amines) is 2. The molecule has 25 nitrogen and oxygen atoms in total. The summed E-state index contributed by atoms with van der Waals surface area (Å²) in [6.07, 6.45) is 5.79. The lowest BCUT2D eigenvalue weighted by Gasteiger charge is -2.44. The maximum atomic E-state index is 14.7. The summed E-state index contributed by atoms with van der Waals surface area (Å²) in [5.74, 6) is -2.48. The first-order valence-electron chi connectivity index (χ1n) is 34.4. The van der Waals surface area contributed by atoms with Crippen LogP contribution >= 0.6 is 11.8 Å². The maximum absolute atomic E-state index is 14.7. The van der Waals surface area contributed by atoms with Gasteiger partial charge >= 0.3 is 12.1 Å². The molecule has 6 rings (SSSR count). The molecule has 4 heterocycles. The molecule has 13 atom stereocenters. The van der Waals surface area contributed by atoms with E-state index in [4.69, 9.17) is 24.9 Å². The van der Waals surface area contributed by atoms with Crippen LogP contribution in [-0.4, -0.2) is 209 Å². The van der Waals surface area contributed by atoms with Gasteiger partial charge in [-0.25, -0.2) is 9.59 Å². The first-order chi connectivity index (χ1) is 46.2. The molecule has 4 aliphatic heterocycles. The van der Waals surface area contributed by atoms with E-state index >= 15 is 0 Å². The Morgan fingerprint density at radius 3 is 2.19 bits per heavy atom. The predicted molar refractivity (Wildman–Crippen MR) is 375 cm³/mol. The number of nitrogens with one attached hydrogen (secondary N) is 6. The van der Waals surface area contributed by atoms with E-state index in [0.717, 1.165) is 47.1 Å². The Bertz CT molecular complexity index is 3050. The van der Waals surface area contributed by atoms with Gasteiger partial charge in [0, 0.05) is 95.0 Å². The van der Waals surface area contributed by atoms with Gasteiger partial charge in [-0.3, -0.25) is 58.6 Å². The van der Waals surface area contributed by atoms with Crippen molar-refractivity contribution in [2.24, 2.45) is 28.5 Å². The van der Waals surface area contributed by atoms with Crippen molar-refractivity contribution in [3.05, 3.63) is 90.0 Å². The van der Waals surface area contributed by atoms with E-state index in [-0.39, 0.29) is 123 Å². The molecule has 0 saturated carbocycles. The van der Waals surface area contributed by atoms with Crippen molar-refractivity contribution in [1.29, 1.82) is 0 Å². The van der Waals surface area contributed by atoms with Gasteiger partial charge < -0.3 is 56.5 Å². The minimum absolute atomic E-state index is 0.0463. The number of imide groups is 1. The van der Waals surface area contributed by atoms with Crippen molar-refractivity contribution < 1.29 is 62.5 Å². The number of anilines is 1. The zero-order chi connectivity index (χ0) is 71.1. The lowest BCUT2D eigenvalue weighted by Crippen LogP contribution is -2.62. The van der Waals surface area contributed by atoms with Crippen LogP contribution < -0.4 is 37.6 Å². The average molecular weight is 1370 g/mol. The molecule has 0 bridgehead atoms. The fraction of sp³-hybridized carbons (Fsp3) is 0.634. The minimum atomic E-state index is -1.28. The third-order valence-electron chi connectivity index (χ3n) is 19.5. The van der Waals surface area contributed by atoms with Gasteiger partial charge in [-0.2, -0.15) is 0 Å². The molecule has 26 heteroatoms. The van der Waals surface area contributed by atoms with Gasteiger partial charge in [-0.05, 0) is 121 Å². The number of carbonyl (C=O) groups excluding carboxylic acids is 9. The molecule has 9 N–H and O–H groups in total. The molecule has 4 aliphatic rings. The second-order valence-electron chi connectivity index (χ2n) is 26.9. The SMILES string of the molecule is C=C(C)[C@H](NC(=O)[C@@]1(C)CCCN1C(=O)OCc1ccc(NC(=O)[C@H](CCCNC(N)=O)NC(=O)[C@@H](NC(=O)CCCCCN2C(=O)C=CC2=O)C(C)C)cc1)C(C)N(C)C(C(CC(=O)N1CCCC1C(OC)C(C)C(O)N[C@@H](Cc1ccccc1)C1=NCCS1)OC)[C@@H](C)CC. The number of aliphatic hydroxyl groups excluding tert-OH is 1. The molecule has 10 amide bonds. The molecule has 0 aromatic heterocycles. The number of benzene rings is 2. The van der Waals surface area contributed by atoms with E-state index in [1.165, 1.54) is 17.1 Å². The monoisotopic (exact) mass is 1370 g/mol. The van der Waals surface area contributed by atoms with E-state index in [9.17, 15) is 48.3 Å². The van der Waals surface area contributed by atoms with Crippen LogP contribution in [-0.2, 0) is 60.8 Å². The summed E-state index contributed by atoms with van der Waals surface area (Å²) in [4.78, 5) is 131. The Kier molecular flexibility index (Phi) is 31.0. The highest BCUT2D eigenvalue weighted by molar-refractivity contribution is 8.14. The van der Waals surface area contributed by atoms with Gasteiger partial charge in [0.2, 0.25) is 29.5 Å². The second kappa shape index (κ2) is 38.2. The summed E-state index contributed by atoms with van der Waals surface area (Å²) in [6, 6.07) is 12.2. The number of aliphatic imine (C=N–C) groups is 1. The average Bonchev–Trinajstić information content (AvgIpc) is 1.71. The summed E-state index contributed by atoms with van der Waals surface area (Å²) in [6.45, 7) is 21.4. The van der Waals surface area contributed by atoms with Crippen molar-refractivity contribution in [3.8, 4) is 0 Å². The van der Waals surface area contributed by atoms with Gasteiger partial charge in [-0.1, -0.05) is 102 Å². The zero-order valence-corrected chi connectivity index (χ0v) is 59.6. The number of aliphatic hydroxyl groups is 1. The Balaban J connectivity index is 1.03. The minimum Gasteiger partial charge on any atom is -0.445 e. The topological polar surface area (TPSA) is 325 Å². The largest absolute Gasteiger partial charge is 0.445 e. The number of amides is 10. The fourth-order valence-corrected chi connectivity index (χ4v) is 14.5. The first-order valence-corrected chi connectivity index (χ1v) is 35.4. The van der Waals surface area contributed by atoms with Crippen molar-refractivity contribution in [2.75, 3.05) is 65.1 Å². The molecule has 0 spiro atoms. The molecule has 536 valence electrons. The van der Waals surface area contributed by atoms with E-state index in [2.05, 4.69) is 69.4 Å². The molecular weight excluding hydrogens is 1260 g/mol. The number of nitrogens with zero attached hydrogens (tertiary/aromatic N) is 5. The zero-order valence-electron chi connectivity index (χ0n) is 58.8. The quantitative estimate of drug-likeness (QED) is 0.0160. The molecule has 2 aromatic carbocycles. The van der Waals surface area contributed by atoms with Crippen LogP contribution in [0.1, 0.15) is 144 Å². The highest BCUT2D eigenvalue weighted by Gasteiger charge is 2.49. The third kappa shape index (κ3) is 22.1. The van der Waals surface area contributed by atoms with Crippen LogP contribution in [0.15, 0.2) is 83.9 Å². The van der Waals surface area contributed by atoms with Crippen LogP contribution in [0.4, 0.5) is 15.3 Å². The molecular formula is C71H108N12O13S. The van der Waals surface area contributed by atoms with Crippen LogP contribution in [0.3, 0.4) is 0 Å². The van der Waals surface area contributed by atoms with Gasteiger partial charge in [0.05, 0.1) is 41.8 Å². The summed E-state index contributed by atoms with van der Waals surface area (Å²) in [5.41, 5.74) is 6.78. The molecule has 7 unspecified atom stereocenters. The van der Waals surface area contributed by atoms with Crippen molar-refractivity contribution in [2.45, 2.75) is 212 Å². The summed E-state index contributed by atoms with van der Waals surface area (Å²) >= 11 is 1.71. The predicted octanol–water partition coefficient (Wildman–Crippen LogP) is 6.18. The Hall–Kier alpha value is -7.23. The van der Waals surface area contributed by atoms with E-state index in [1.807, 2.05) is 50.9 Å². The number of hydrogen-bond acceptors (Lipinski definition) is 17. The van der Waals surface area contributed by atoms with Crippen molar-refractivity contribution in [1.82, 2.24) is 46.2 Å². The van der Waals surface area contributed by atoms with Crippen molar-refractivity contribution in [3.63, 3.8) is 0 Å². The molecule has 2 aromatic rings. The summed E-state index contributed by atoms with van der Waals surface area (Å²) in [5, 5.41) is 30.5. The number of likely N-dealkylation sites (N-methyl/N-ethyl adjacent to an activating group) is 1. The first kappa shape index (κ1) is 78.8. The number of carbonyl (C=O) groups is 9. The van der Waals surface area contributed by atoms with E-state index in [1.54, 1.807) is 71.0 Å². The van der Waals surface area contributed by atoms with E-state index in [0.29, 0.717) is 61.9 Å². The van der Waals surface area contributed by atoms with Gasteiger partial charge in [0.15, 0.2) is 0 Å². The van der Waals surface area contributed by atoms with Gasteiger partial charge in [0.1, 0.15) is 30.5 Å². The number of unbranched alkanes of at least 4 members (excludes halogenated alkanes) is 2. The number of primary amides is 1. The highest BCUT2D eigenvalue weighted by Crippen LogP contribution is 2.34. The van der Waals surface area contributed by atoms with Crippen molar-refractivity contribution >= 4 is 76.0 Å². The number of methoxy groups -OCH3 is 2. The fourth-order valence-electron chi connectivity index (χ4n) is 13.5. The lowest BCUT2D eigenvalue weighted by molar-refractivity contribution is -0.142. The Labute approximate surface area is 577 Å². The third-order valence-corrected chi connectivity index (χ3v) is 20.6. The molecule has 0 radical (unpaired) electrons. The smallest absolute Gasteiger partial charge is 0.410 e. The number of urea groups is 1. The molecule has 97 heavy (non-hydrogen) atoms. The number of rotatable bonds is 39. The van der Waals surface area contributed by atoms with E-state index < -0.39 is 66.0 Å². The maximum Gasteiger partial charge on any atom is 0.410 e. The standard InChI is InChI=1S/C71H108N12O13S/c1-13-46(6)62(55(94-11)42-59(87)81-38-21-26-54(81)63(95-12)47(7)64(88)77-53(67-73-36-40-97-67)41-49-23-16-14-17-24-49)80(10)48(8)60(44(2)3)79-68(91)71(9)34-22-39-83(71)70(93)96-43-50-28-30-51(31-29-50)75-65(89)52(25-20-35-74-69(72)92)76-66(90)61(45(4)5)78-56(84)27-18-15-19-37-82-57(85)32-33-58(82)86/h14,16-17,23-24,28-33,45-48,52-55,60-64,77,88H,2,13,15,18-22,25-27,34-43H2,1,3-12H3,(H,75,89)(H,76,90)(H,78,84)(H,79,91)(H3,72,74,92)/t46-,47?,48?,52-,53-,54?,55?,60-,61-,62?,63?,64?,71+/m0/s1. The lowest BCUT2D eigenvalue weighted by atomic mass is 9.88. The normalized spacial score (nSPS) is 20.5. The summed E-state index contributed by atoms with van der Waals surface area (Å²) < 4.78 is 18.3. The van der Waals surface area contributed by atoms with Crippen LogP contribution in [0, 0.1) is 17.8 Å². The molecule has 2 saturated heterocycles.